The number of rotatable bonds is 5. The highest BCUT2D eigenvalue weighted by Crippen LogP contribution is 2.33. The van der Waals surface area contributed by atoms with Crippen molar-refractivity contribution in [1.29, 1.82) is 0 Å². The van der Waals surface area contributed by atoms with Gasteiger partial charge in [0, 0.05) is 12.3 Å². The van der Waals surface area contributed by atoms with E-state index in [1.54, 1.807) is 23.1 Å². The maximum atomic E-state index is 6.00. The van der Waals surface area contributed by atoms with Gasteiger partial charge in [0.1, 0.15) is 12.7 Å². The van der Waals surface area contributed by atoms with Gasteiger partial charge in [-0.3, -0.25) is 0 Å². The quantitative estimate of drug-likeness (QED) is 0.646. The summed E-state index contributed by atoms with van der Waals surface area (Å²) >= 11 is 3.34. The van der Waals surface area contributed by atoms with E-state index in [-0.39, 0.29) is 6.10 Å². The number of thiophene rings is 1. The van der Waals surface area contributed by atoms with Gasteiger partial charge in [-0.05, 0) is 30.5 Å². The fourth-order valence-electron chi connectivity index (χ4n) is 2.58. The Bertz CT molecular complexity index is 817. The second-order valence-corrected chi connectivity index (χ2v) is 7.27. The zero-order valence-corrected chi connectivity index (χ0v) is 14.8. The van der Waals surface area contributed by atoms with Crippen LogP contribution in [-0.2, 0) is 6.54 Å². The molecule has 0 bridgehead atoms. The number of para-hydroxylation sites is 2. The predicted octanol–water partition coefficient (Wildman–Crippen LogP) is 3.96. The van der Waals surface area contributed by atoms with Crippen molar-refractivity contribution in [2.45, 2.75) is 24.7 Å². The van der Waals surface area contributed by atoms with E-state index in [9.17, 15) is 0 Å². The molecule has 4 rings (SSSR count). The van der Waals surface area contributed by atoms with Gasteiger partial charge in [0.05, 0.1) is 4.88 Å². The maximum Gasteiger partial charge on any atom is 0.191 e. The molecule has 0 N–H and O–H groups in total. The van der Waals surface area contributed by atoms with E-state index in [4.69, 9.17) is 9.47 Å². The first kappa shape index (κ1) is 15.5. The summed E-state index contributed by atoms with van der Waals surface area (Å²) in [6, 6.07) is 11.9. The van der Waals surface area contributed by atoms with Gasteiger partial charge in [-0.25, -0.2) is 0 Å². The fourth-order valence-corrected chi connectivity index (χ4v) is 4.27. The summed E-state index contributed by atoms with van der Waals surface area (Å²) in [7, 11) is 0. The normalized spacial score (nSPS) is 16.3. The molecule has 1 aliphatic heterocycles. The second-order valence-electron chi connectivity index (χ2n) is 5.34. The summed E-state index contributed by atoms with van der Waals surface area (Å²) in [5.74, 6) is 3.33. The largest absolute Gasteiger partial charge is 0.486 e. The van der Waals surface area contributed by atoms with Crippen LogP contribution < -0.4 is 9.47 Å². The first-order chi connectivity index (χ1) is 11.8. The number of aromatic nitrogens is 3. The third-order valence-electron chi connectivity index (χ3n) is 3.74. The molecule has 2 aromatic heterocycles. The molecule has 0 saturated heterocycles. The molecular weight excluding hydrogens is 342 g/mol. The van der Waals surface area contributed by atoms with Crippen molar-refractivity contribution in [3.63, 3.8) is 0 Å². The third-order valence-corrected chi connectivity index (χ3v) is 5.70. The number of hydrogen-bond donors (Lipinski definition) is 0. The Morgan fingerprint density at radius 1 is 1.21 bits per heavy atom. The molecule has 7 heteroatoms. The monoisotopic (exact) mass is 359 g/mol. The van der Waals surface area contributed by atoms with Gasteiger partial charge in [-0.15, -0.1) is 21.5 Å². The molecule has 1 atom stereocenters. The van der Waals surface area contributed by atoms with Crippen molar-refractivity contribution >= 4 is 23.1 Å². The van der Waals surface area contributed by atoms with Crippen LogP contribution in [-0.4, -0.2) is 33.2 Å². The van der Waals surface area contributed by atoms with Crippen molar-refractivity contribution < 1.29 is 9.47 Å². The van der Waals surface area contributed by atoms with E-state index in [1.165, 1.54) is 0 Å². The zero-order valence-electron chi connectivity index (χ0n) is 13.2. The average molecular weight is 359 g/mol. The summed E-state index contributed by atoms with van der Waals surface area (Å²) in [6.45, 7) is 3.51. The first-order valence-corrected chi connectivity index (χ1v) is 9.70. The molecule has 0 spiro atoms. The standard InChI is InChI=1S/C17H17N3O2S2/c1-2-20-16(15-8-5-9-23-15)18-19-17(20)24-11-12-10-21-13-6-3-4-7-14(13)22-12/h3-9,12H,2,10-11H2,1H3. The highest BCUT2D eigenvalue weighted by Gasteiger charge is 2.22. The Labute approximate surface area is 148 Å². The van der Waals surface area contributed by atoms with Crippen LogP contribution in [0.2, 0.25) is 0 Å². The number of hydrogen-bond acceptors (Lipinski definition) is 6. The number of nitrogens with zero attached hydrogens (tertiary/aromatic N) is 3. The molecular formula is C17H17N3O2S2. The molecule has 0 amide bonds. The number of benzene rings is 1. The van der Waals surface area contributed by atoms with Crippen molar-refractivity contribution in [3.05, 3.63) is 41.8 Å². The maximum absolute atomic E-state index is 6.00. The zero-order chi connectivity index (χ0) is 16.4. The van der Waals surface area contributed by atoms with Crippen molar-refractivity contribution in [2.24, 2.45) is 0 Å². The van der Waals surface area contributed by atoms with E-state index in [2.05, 4.69) is 33.1 Å². The molecule has 0 fully saturated rings. The van der Waals surface area contributed by atoms with Crippen molar-refractivity contribution in [3.8, 4) is 22.2 Å². The molecule has 3 aromatic rings. The highest BCUT2D eigenvalue weighted by atomic mass is 32.2. The van der Waals surface area contributed by atoms with Gasteiger partial charge in [0.15, 0.2) is 22.5 Å². The molecule has 3 heterocycles. The van der Waals surface area contributed by atoms with E-state index in [0.29, 0.717) is 6.61 Å². The Morgan fingerprint density at radius 2 is 2.08 bits per heavy atom. The Hall–Kier alpha value is -1.99. The van der Waals surface area contributed by atoms with Crippen LogP contribution in [0.3, 0.4) is 0 Å². The second kappa shape index (κ2) is 6.86. The van der Waals surface area contributed by atoms with Crippen LogP contribution in [0, 0.1) is 0 Å². The summed E-state index contributed by atoms with van der Waals surface area (Å²) < 4.78 is 13.9. The van der Waals surface area contributed by atoms with E-state index in [0.717, 1.165) is 39.7 Å². The minimum atomic E-state index is 0.0112. The molecule has 24 heavy (non-hydrogen) atoms. The number of ether oxygens (including phenoxy) is 2. The van der Waals surface area contributed by atoms with Crippen LogP contribution >= 0.6 is 23.1 Å². The van der Waals surface area contributed by atoms with Gasteiger partial charge in [-0.2, -0.15) is 0 Å². The number of thioether (sulfide) groups is 1. The Kier molecular flexibility index (Phi) is 4.44. The molecule has 0 radical (unpaired) electrons. The van der Waals surface area contributed by atoms with Crippen LogP contribution in [0.4, 0.5) is 0 Å². The molecule has 0 saturated carbocycles. The van der Waals surface area contributed by atoms with Crippen LogP contribution in [0.5, 0.6) is 11.5 Å². The summed E-state index contributed by atoms with van der Waals surface area (Å²) in [4.78, 5) is 1.14. The van der Waals surface area contributed by atoms with E-state index < -0.39 is 0 Å². The first-order valence-electron chi connectivity index (χ1n) is 7.83. The van der Waals surface area contributed by atoms with E-state index in [1.807, 2.05) is 30.3 Å². The fraction of sp³-hybridized carbons (Fsp3) is 0.294. The third kappa shape index (κ3) is 3.01. The molecule has 1 aliphatic rings. The lowest BCUT2D eigenvalue weighted by Gasteiger charge is -2.26. The summed E-state index contributed by atoms with van der Waals surface area (Å²) in [6.07, 6.45) is 0.0112. The minimum Gasteiger partial charge on any atom is -0.486 e. The molecule has 1 unspecified atom stereocenters. The lowest BCUT2D eigenvalue weighted by atomic mass is 10.3. The van der Waals surface area contributed by atoms with Gasteiger partial charge in [-0.1, -0.05) is 30.0 Å². The van der Waals surface area contributed by atoms with Crippen molar-refractivity contribution in [1.82, 2.24) is 14.8 Å². The average Bonchev–Trinajstić information content (AvgIpc) is 3.28. The lowest BCUT2D eigenvalue weighted by molar-refractivity contribution is 0.107. The SMILES string of the molecule is CCn1c(SCC2COc3ccccc3O2)nnc1-c1cccs1. The van der Waals surface area contributed by atoms with Gasteiger partial charge >= 0.3 is 0 Å². The van der Waals surface area contributed by atoms with Crippen molar-refractivity contribution in [2.75, 3.05) is 12.4 Å². The molecule has 124 valence electrons. The predicted molar refractivity (Wildman–Crippen MR) is 96.1 cm³/mol. The Balaban J connectivity index is 1.45. The highest BCUT2D eigenvalue weighted by molar-refractivity contribution is 7.99. The van der Waals surface area contributed by atoms with Crippen LogP contribution in [0.1, 0.15) is 6.92 Å². The lowest BCUT2D eigenvalue weighted by Crippen LogP contribution is -2.31. The topological polar surface area (TPSA) is 49.2 Å². The Morgan fingerprint density at radius 3 is 2.88 bits per heavy atom. The molecule has 0 aliphatic carbocycles. The van der Waals surface area contributed by atoms with Crippen LogP contribution in [0.15, 0.2) is 46.9 Å². The smallest absolute Gasteiger partial charge is 0.191 e. The molecule has 1 aromatic carbocycles. The molecule has 5 nitrogen and oxygen atoms in total. The summed E-state index contributed by atoms with van der Waals surface area (Å²) in [5, 5.41) is 11.7. The summed E-state index contributed by atoms with van der Waals surface area (Å²) in [5.41, 5.74) is 0. The minimum absolute atomic E-state index is 0.0112. The van der Waals surface area contributed by atoms with Gasteiger partial charge in [0.2, 0.25) is 0 Å². The van der Waals surface area contributed by atoms with Gasteiger partial charge < -0.3 is 14.0 Å². The van der Waals surface area contributed by atoms with Crippen LogP contribution in [0.25, 0.3) is 10.7 Å². The van der Waals surface area contributed by atoms with Gasteiger partial charge in [0.25, 0.3) is 0 Å². The van der Waals surface area contributed by atoms with E-state index >= 15 is 0 Å². The number of fused-ring (bicyclic) bond motifs is 1.